The van der Waals surface area contributed by atoms with Gasteiger partial charge in [-0.15, -0.1) is 0 Å². The van der Waals surface area contributed by atoms with Gasteiger partial charge in [0.2, 0.25) is 5.91 Å². The van der Waals surface area contributed by atoms with Crippen LogP contribution in [0.4, 0.5) is 0 Å². The molecule has 0 aromatic heterocycles. The van der Waals surface area contributed by atoms with E-state index in [1.165, 1.54) is 6.07 Å². The Morgan fingerprint density at radius 1 is 1.28 bits per heavy atom. The molecule has 1 aromatic rings. The fraction of sp³-hybridized carbons (Fsp3) is 0.462. The van der Waals surface area contributed by atoms with Gasteiger partial charge in [-0.3, -0.25) is 4.79 Å². The third kappa shape index (κ3) is 4.63. The molecule has 0 heterocycles. The molecule has 100 valence electrons. The first-order valence-corrected chi connectivity index (χ1v) is 6.06. The van der Waals surface area contributed by atoms with Crippen LogP contribution in [0.3, 0.4) is 0 Å². The number of phenols is 2. The zero-order chi connectivity index (χ0) is 13.5. The molecule has 0 aliphatic carbocycles. The Morgan fingerprint density at radius 2 is 1.89 bits per heavy atom. The van der Waals surface area contributed by atoms with Gasteiger partial charge in [0.1, 0.15) is 11.5 Å². The zero-order valence-corrected chi connectivity index (χ0v) is 10.7. The predicted molar refractivity (Wildman–Crippen MR) is 69.5 cm³/mol. The summed E-state index contributed by atoms with van der Waals surface area (Å²) in [7, 11) is 0. The summed E-state index contributed by atoms with van der Waals surface area (Å²) in [5, 5.41) is 24.6. The van der Waals surface area contributed by atoms with Gasteiger partial charge in [0.15, 0.2) is 0 Å². The van der Waals surface area contributed by atoms with E-state index in [0.29, 0.717) is 19.5 Å². The monoisotopic (exact) mass is 252 g/mol. The molecule has 4 N–H and O–H groups in total. The summed E-state index contributed by atoms with van der Waals surface area (Å²) in [6, 6.07) is 4.41. The number of hydrogen-bond donors (Lipinski definition) is 4. The van der Waals surface area contributed by atoms with Crippen molar-refractivity contribution >= 4 is 5.91 Å². The Bertz CT molecular complexity index is 387. The van der Waals surface area contributed by atoms with Gasteiger partial charge in [-0.05, 0) is 31.5 Å². The Balaban J connectivity index is 2.45. The number of rotatable bonds is 6. The first-order chi connectivity index (χ1) is 8.52. The molecule has 0 spiro atoms. The topological polar surface area (TPSA) is 81.6 Å². The zero-order valence-electron chi connectivity index (χ0n) is 10.7. The van der Waals surface area contributed by atoms with Crippen LogP contribution in [0.5, 0.6) is 11.5 Å². The van der Waals surface area contributed by atoms with Crippen molar-refractivity contribution in [2.45, 2.75) is 26.3 Å². The molecule has 1 amide bonds. The van der Waals surface area contributed by atoms with E-state index in [1.807, 2.05) is 13.8 Å². The van der Waals surface area contributed by atoms with Crippen molar-refractivity contribution in [3.05, 3.63) is 23.8 Å². The normalized spacial score (nSPS) is 12.1. The minimum Gasteiger partial charge on any atom is -0.508 e. The lowest BCUT2D eigenvalue weighted by Gasteiger charge is -2.14. The predicted octanol–water partition coefficient (Wildman–Crippen LogP) is 1.27. The number of benzene rings is 1. The van der Waals surface area contributed by atoms with Crippen molar-refractivity contribution in [3.63, 3.8) is 0 Å². The van der Waals surface area contributed by atoms with Gasteiger partial charge in [-0.2, -0.15) is 0 Å². The maximum atomic E-state index is 11.2. The van der Waals surface area contributed by atoms with Crippen molar-refractivity contribution in [2.24, 2.45) is 0 Å². The smallest absolute Gasteiger partial charge is 0.221 e. The van der Waals surface area contributed by atoms with Crippen LogP contribution in [0, 0.1) is 0 Å². The van der Waals surface area contributed by atoms with Gasteiger partial charge in [0.25, 0.3) is 0 Å². The molecule has 1 rings (SSSR count). The average Bonchev–Trinajstić information content (AvgIpc) is 2.27. The molecule has 0 radical (unpaired) electrons. The van der Waals surface area contributed by atoms with Crippen LogP contribution in [0.15, 0.2) is 18.2 Å². The van der Waals surface area contributed by atoms with Gasteiger partial charge < -0.3 is 20.8 Å². The molecule has 0 saturated heterocycles. The molecule has 0 aliphatic rings. The molecule has 18 heavy (non-hydrogen) atoms. The number of carbonyl (C=O) groups excluding carboxylic acids is 1. The molecule has 1 atom stereocenters. The maximum absolute atomic E-state index is 11.2. The Morgan fingerprint density at radius 3 is 2.44 bits per heavy atom. The number of phenolic OH excluding ortho intramolecular Hbond substituents is 2. The third-order valence-corrected chi connectivity index (χ3v) is 2.60. The summed E-state index contributed by atoms with van der Waals surface area (Å²) < 4.78 is 0. The highest BCUT2D eigenvalue weighted by Crippen LogP contribution is 2.24. The highest BCUT2D eigenvalue weighted by molar-refractivity contribution is 5.75. The van der Waals surface area contributed by atoms with Crippen molar-refractivity contribution in [1.29, 1.82) is 0 Å². The molecule has 1 aromatic carbocycles. The summed E-state index contributed by atoms with van der Waals surface area (Å²) in [5.41, 5.74) is 0.781. The van der Waals surface area contributed by atoms with Gasteiger partial charge in [-0.25, -0.2) is 0 Å². The van der Waals surface area contributed by atoms with E-state index in [0.717, 1.165) is 5.56 Å². The van der Waals surface area contributed by atoms with Crippen LogP contribution in [0.2, 0.25) is 0 Å². The highest BCUT2D eigenvalue weighted by atomic mass is 16.3. The fourth-order valence-corrected chi connectivity index (χ4v) is 1.67. The SMILES string of the molecule is CCNC(=O)CCNC(C)c1cc(O)cc(O)c1. The number of aromatic hydroxyl groups is 2. The van der Waals surface area contributed by atoms with E-state index in [4.69, 9.17) is 0 Å². The summed E-state index contributed by atoms with van der Waals surface area (Å²) >= 11 is 0. The van der Waals surface area contributed by atoms with Gasteiger partial charge in [-0.1, -0.05) is 0 Å². The minimum absolute atomic E-state index is 0.0101. The van der Waals surface area contributed by atoms with Crippen LogP contribution < -0.4 is 10.6 Å². The van der Waals surface area contributed by atoms with Gasteiger partial charge >= 0.3 is 0 Å². The first-order valence-electron chi connectivity index (χ1n) is 6.06. The van der Waals surface area contributed by atoms with Crippen LogP contribution in [0.1, 0.15) is 31.9 Å². The standard InChI is InChI=1S/C13H20N2O3/c1-3-14-13(18)4-5-15-9(2)10-6-11(16)8-12(17)7-10/h6-9,15-17H,3-5H2,1-2H3,(H,14,18). The fourth-order valence-electron chi connectivity index (χ4n) is 1.67. The lowest BCUT2D eigenvalue weighted by atomic mass is 10.1. The second-order valence-corrected chi connectivity index (χ2v) is 4.16. The largest absolute Gasteiger partial charge is 0.508 e. The van der Waals surface area contributed by atoms with Crippen LogP contribution in [0.25, 0.3) is 0 Å². The molecule has 5 nitrogen and oxygen atoms in total. The maximum Gasteiger partial charge on any atom is 0.221 e. The third-order valence-electron chi connectivity index (χ3n) is 2.60. The summed E-state index contributed by atoms with van der Waals surface area (Å²) in [4.78, 5) is 11.2. The number of nitrogens with one attached hydrogen (secondary N) is 2. The van der Waals surface area contributed by atoms with Crippen LogP contribution >= 0.6 is 0 Å². The number of carbonyl (C=O) groups is 1. The second kappa shape index (κ2) is 6.86. The van der Waals surface area contributed by atoms with Crippen LogP contribution in [-0.4, -0.2) is 29.2 Å². The molecular weight excluding hydrogens is 232 g/mol. The Labute approximate surface area is 107 Å². The van der Waals surface area contributed by atoms with Gasteiger partial charge in [0, 0.05) is 31.6 Å². The molecular formula is C13H20N2O3. The molecule has 1 unspecified atom stereocenters. The quantitative estimate of drug-likeness (QED) is 0.614. The van der Waals surface area contributed by atoms with E-state index >= 15 is 0 Å². The lowest BCUT2D eigenvalue weighted by Crippen LogP contribution is -2.28. The van der Waals surface area contributed by atoms with Crippen molar-refractivity contribution in [2.75, 3.05) is 13.1 Å². The average molecular weight is 252 g/mol. The minimum atomic E-state index is -0.0440. The molecule has 0 fully saturated rings. The van der Waals surface area contributed by atoms with E-state index < -0.39 is 0 Å². The van der Waals surface area contributed by atoms with Crippen molar-refractivity contribution in [1.82, 2.24) is 10.6 Å². The van der Waals surface area contributed by atoms with Crippen molar-refractivity contribution < 1.29 is 15.0 Å². The van der Waals surface area contributed by atoms with E-state index in [-0.39, 0.29) is 23.4 Å². The number of amides is 1. The van der Waals surface area contributed by atoms with E-state index in [1.54, 1.807) is 12.1 Å². The van der Waals surface area contributed by atoms with E-state index in [2.05, 4.69) is 10.6 Å². The second-order valence-electron chi connectivity index (χ2n) is 4.16. The summed E-state index contributed by atoms with van der Waals surface area (Å²) in [6.07, 6.45) is 0.406. The van der Waals surface area contributed by atoms with Crippen LogP contribution in [-0.2, 0) is 4.79 Å². The van der Waals surface area contributed by atoms with Crippen molar-refractivity contribution in [3.8, 4) is 11.5 Å². The first kappa shape index (κ1) is 14.3. The Hall–Kier alpha value is -1.75. The molecule has 5 heteroatoms. The molecule has 0 saturated carbocycles. The lowest BCUT2D eigenvalue weighted by molar-refractivity contribution is -0.120. The molecule has 0 bridgehead atoms. The summed E-state index contributed by atoms with van der Waals surface area (Å²) in [6.45, 7) is 4.97. The summed E-state index contributed by atoms with van der Waals surface area (Å²) in [5.74, 6) is 0.0701. The van der Waals surface area contributed by atoms with E-state index in [9.17, 15) is 15.0 Å². The highest BCUT2D eigenvalue weighted by Gasteiger charge is 2.08. The van der Waals surface area contributed by atoms with Gasteiger partial charge in [0.05, 0.1) is 0 Å². The number of hydrogen-bond acceptors (Lipinski definition) is 4. The molecule has 0 aliphatic heterocycles. The Kier molecular flexibility index (Phi) is 5.45.